The summed E-state index contributed by atoms with van der Waals surface area (Å²) in [4.78, 5) is 0. The van der Waals surface area contributed by atoms with Crippen LogP contribution >= 0.6 is 0 Å². The van der Waals surface area contributed by atoms with Crippen LogP contribution in [0.3, 0.4) is 0 Å². The Hall–Kier alpha value is 2.75. The molecule has 5 heteroatoms. The van der Waals surface area contributed by atoms with Crippen LogP contribution in [0, 0.1) is 0 Å². The molecule has 0 saturated heterocycles. The van der Waals surface area contributed by atoms with Gasteiger partial charge in [-0.05, 0) is 0 Å². The zero-order valence-corrected chi connectivity index (χ0v) is 5.91. The van der Waals surface area contributed by atoms with Crippen molar-refractivity contribution in [3.05, 3.63) is 0 Å². The predicted octanol–water partition coefficient (Wildman–Crippen LogP) is -1.19. The van der Waals surface area contributed by atoms with Crippen LogP contribution in [0.25, 0.3) is 0 Å². The van der Waals surface area contributed by atoms with Gasteiger partial charge < -0.3 is 0 Å². The zero-order valence-electron chi connectivity index (χ0n) is 1.43. The second-order valence-electron chi connectivity index (χ2n) is 0. The van der Waals surface area contributed by atoms with Gasteiger partial charge in [0.1, 0.15) is 0 Å². The van der Waals surface area contributed by atoms with Gasteiger partial charge in [-0.25, -0.2) is 0 Å². The minimum atomic E-state index is 0. The fourth-order valence-corrected chi connectivity index (χ4v) is 0. The Morgan fingerprint density at radius 2 is 0.800 bits per heavy atom. The first-order valence-electron chi connectivity index (χ1n) is 0. The molecule has 0 amide bonds. The molecule has 0 N–H and O–H groups in total. The van der Waals surface area contributed by atoms with E-state index in [2.05, 4.69) is 0 Å². The molecule has 0 spiro atoms. The van der Waals surface area contributed by atoms with Crippen molar-refractivity contribution in [3.8, 4) is 0 Å². The Morgan fingerprint density at radius 1 is 0.800 bits per heavy atom. The van der Waals surface area contributed by atoms with Gasteiger partial charge in [0.25, 0.3) is 0 Å². The Morgan fingerprint density at radius 3 is 0.800 bits per heavy atom. The largest absolute Gasteiger partial charge is 0.187 e. The van der Waals surface area contributed by atoms with Gasteiger partial charge in [-0.3, -0.25) is 0 Å². The Labute approximate surface area is 87.9 Å². The van der Waals surface area contributed by atoms with E-state index in [1.165, 1.54) is 0 Å². The smallest absolute Gasteiger partial charge is 0 e. The predicted molar refractivity (Wildman–Crippen MR) is 9.94 cm³/mol. The molecular weight excluding hydrogens is 256 g/mol. The summed E-state index contributed by atoms with van der Waals surface area (Å²) in [6.45, 7) is 0. The first-order valence-corrected chi connectivity index (χ1v) is 0. The van der Waals surface area contributed by atoms with Crippen LogP contribution in [0.4, 0.5) is 0 Å². The molecule has 0 saturated carbocycles. The number of hydrogen-bond donors (Lipinski definition) is 0. The minimum Gasteiger partial charge on any atom is 0 e. The summed E-state index contributed by atoms with van der Waals surface area (Å²) in [7, 11) is 0. The quantitative estimate of drug-likeness (QED) is 0.480. The molecule has 5 heavy (non-hydrogen) atoms. The van der Waals surface area contributed by atoms with E-state index >= 15 is 0 Å². The van der Waals surface area contributed by atoms with Gasteiger partial charge in [0.15, 0.2) is 17.4 Å². The van der Waals surface area contributed by atoms with Gasteiger partial charge in [-0.1, -0.05) is 0 Å². The number of rotatable bonds is 0. The van der Waals surface area contributed by atoms with Gasteiger partial charge in [0.2, 0.25) is 0 Å². The van der Waals surface area contributed by atoms with Crippen molar-refractivity contribution < 1.29 is 71.8 Å². The summed E-state index contributed by atoms with van der Waals surface area (Å²) in [5, 5.41) is 0. The van der Waals surface area contributed by atoms with Crippen molar-refractivity contribution in [2.75, 3.05) is 0 Å². The zero-order chi connectivity index (χ0) is 0. The Balaban J connectivity index is 0. The van der Waals surface area contributed by atoms with E-state index in [4.69, 9.17) is 0 Å². The van der Waals surface area contributed by atoms with Gasteiger partial charge in [-0.2, -0.15) is 0 Å². The molecule has 0 nitrogen and oxygen atoms in total. The second kappa shape index (κ2) is 29.5. The summed E-state index contributed by atoms with van der Waals surface area (Å²) in [5.74, 6) is 0. The van der Waals surface area contributed by atoms with Crippen LogP contribution in [0.15, 0.2) is 0 Å². The van der Waals surface area contributed by atoms with E-state index < -0.39 is 0 Å². The van der Waals surface area contributed by atoms with Crippen LogP contribution in [0.1, 0.15) is 0 Å². The molecule has 0 aromatic rings. The van der Waals surface area contributed by atoms with Gasteiger partial charge >= 0.3 is 0 Å². The van der Waals surface area contributed by atoms with E-state index in [1.54, 1.807) is 0 Å². The van der Waals surface area contributed by atoms with E-state index in [9.17, 15) is 0 Å². The molecule has 0 aromatic heterocycles. The third-order valence-electron chi connectivity index (χ3n) is 0. The molecule has 0 aliphatic carbocycles. The molecule has 0 unspecified atom stereocenters. The summed E-state index contributed by atoms with van der Waals surface area (Å²) >= 11 is 0. The average molecular weight is 259 g/mol. The average Bonchev–Trinajstić information content (AvgIpc) is 0. The van der Waals surface area contributed by atoms with Crippen molar-refractivity contribution in [1.82, 2.24) is 0 Å². The topological polar surface area (TPSA) is 0 Å². The molecule has 0 rings (SSSR count). The Kier molecular flexibility index (Phi) is 275. The van der Waals surface area contributed by atoms with Gasteiger partial charge in [-0.15, -0.1) is 0 Å². The van der Waals surface area contributed by atoms with E-state index in [1.807, 2.05) is 0 Å². The molecule has 41 valence electrons. The SMILES string of the molecule is [AlH3].[Cu].[Ni].[Ni].[Ti]. The van der Waals surface area contributed by atoms with Crippen molar-refractivity contribution in [2.45, 2.75) is 0 Å². The Bertz CT molecular complexity index is 9.61. The maximum atomic E-state index is 0. The van der Waals surface area contributed by atoms with Crippen LogP contribution < -0.4 is 0 Å². The first kappa shape index (κ1) is 46.6. The maximum Gasteiger partial charge on any atom is 0.187 e. The standard InChI is InChI=1S/Al.Cu.2Ni.Ti.3H. The number of hydrogen-bond acceptors (Lipinski definition) is 0. The molecule has 0 aliphatic rings. The third-order valence-corrected chi connectivity index (χ3v) is 0. The molecule has 0 heterocycles. The fourth-order valence-electron chi connectivity index (χ4n) is 0. The van der Waals surface area contributed by atoms with E-state index in [0.29, 0.717) is 0 Å². The molecule has 0 aliphatic heterocycles. The van der Waals surface area contributed by atoms with Crippen LogP contribution in [0.2, 0.25) is 0 Å². The van der Waals surface area contributed by atoms with E-state index in [-0.39, 0.29) is 89.1 Å². The van der Waals surface area contributed by atoms with Crippen molar-refractivity contribution in [2.24, 2.45) is 0 Å². The van der Waals surface area contributed by atoms with E-state index in [0.717, 1.165) is 0 Å². The van der Waals surface area contributed by atoms with Crippen LogP contribution in [-0.2, 0) is 71.8 Å². The molecule has 1 radical (unpaired) electrons. The normalized spacial score (nSPS) is 0. The minimum absolute atomic E-state index is 0. The van der Waals surface area contributed by atoms with Crippen molar-refractivity contribution in [1.29, 1.82) is 0 Å². The summed E-state index contributed by atoms with van der Waals surface area (Å²) in [5.41, 5.74) is 0. The summed E-state index contributed by atoms with van der Waals surface area (Å²) in [6, 6.07) is 0. The van der Waals surface area contributed by atoms with Crippen LogP contribution in [-0.4, -0.2) is 17.4 Å². The third kappa shape index (κ3) is 20.1. The molecular formula is H3AlCuNi2Ti. The maximum absolute atomic E-state index is 0. The molecule has 0 atom stereocenters. The van der Waals surface area contributed by atoms with Crippen LogP contribution in [0.5, 0.6) is 0 Å². The van der Waals surface area contributed by atoms with Crippen molar-refractivity contribution in [3.63, 3.8) is 0 Å². The second-order valence-corrected chi connectivity index (χ2v) is 0. The molecule has 0 bridgehead atoms. The monoisotopic (exact) mass is 257 g/mol. The van der Waals surface area contributed by atoms with Gasteiger partial charge in [0, 0.05) is 71.8 Å². The fraction of sp³-hybridized carbons (Fsp3) is 0. The molecule has 0 fully saturated rings. The summed E-state index contributed by atoms with van der Waals surface area (Å²) in [6.07, 6.45) is 0. The van der Waals surface area contributed by atoms with Crippen molar-refractivity contribution >= 4 is 17.4 Å². The first-order chi connectivity index (χ1) is 0. The molecule has 0 aromatic carbocycles. The summed E-state index contributed by atoms with van der Waals surface area (Å²) < 4.78 is 0. The van der Waals surface area contributed by atoms with Gasteiger partial charge in [0.05, 0.1) is 0 Å².